The van der Waals surface area contributed by atoms with E-state index in [2.05, 4.69) is 6.92 Å². The molecule has 2 saturated carbocycles. The van der Waals surface area contributed by atoms with Crippen molar-refractivity contribution < 1.29 is 32.4 Å². The molecule has 0 radical (unpaired) electrons. The predicted octanol–water partition coefficient (Wildman–Crippen LogP) is 5.97. The van der Waals surface area contributed by atoms with Gasteiger partial charge in [-0.1, -0.05) is 45.4 Å². The minimum absolute atomic E-state index is 0.169. The molecule has 2 aliphatic rings. The molecule has 2 aliphatic carbocycles. The van der Waals surface area contributed by atoms with Gasteiger partial charge in [-0.2, -0.15) is 0 Å². The van der Waals surface area contributed by atoms with Crippen molar-refractivity contribution in [2.45, 2.75) is 123 Å². The summed E-state index contributed by atoms with van der Waals surface area (Å²) < 4.78 is 21.8. The summed E-state index contributed by atoms with van der Waals surface area (Å²) in [6, 6.07) is 0.169. The van der Waals surface area contributed by atoms with Gasteiger partial charge in [0.1, 0.15) is 0 Å². The number of carbonyl (C=O) groups is 3. The van der Waals surface area contributed by atoms with E-state index < -0.39 is 26.7 Å². The van der Waals surface area contributed by atoms with Gasteiger partial charge in [-0.25, -0.2) is 0 Å². The fraction of sp³-hybridized carbons (Fsp3) is 0.885. The van der Waals surface area contributed by atoms with E-state index in [1.165, 1.54) is 85.0 Å². The highest BCUT2D eigenvalue weighted by Crippen LogP contribution is 2.41. The predicted molar refractivity (Wildman–Crippen MR) is 132 cm³/mol. The molecule has 0 bridgehead atoms. The van der Waals surface area contributed by atoms with Crippen LogP contribution in [0.1, 0.15) is 111 Å². The maximum absolute atomic E-state index is 11.5. The standard InChI is InChI=1S/C26H46O7Si/c1-5-6-7-9-23-10-12-24(13-11-23)25-14-16-26(17-15-25)30-18-8-19-34(31-20(2)27,32-21(3)28)33-22(4)29/h23-26H,5-19H2,1-4H3. The van der Waals surface area contributed by atoms with Crippen LogP contribution in [0.5, 0.6) is 0 Å². The van der Waals surface area contributed by atoms with Gasteiger partial charge in [0.15, 0.2) is 0 Å². The van der Waals surface area contributed by atoms with Crippen LogP contribution in [0.2, 0.25) is 6.04 Å². The van der Waals surface area contributed by atoms with E-state index in [0.717, 1.165) is 30.6 Å². The number of rotatable bonds is 13. The molecular weight excluding hydrogens is 452 g/mol. The zero-order valence-electron chi connectivity index (χ0n) is 21.8. The average molecular weight is 499 g/mol. The maximum Gasteiger partial charge on any atom is 0.705 e. The Morgan fingerprint density at radius 2 is 1.21 bits per heavy atom. The first-order valence-corrected chi connectivity index (χ1v) is 15.4. The molecule has 0 aromatic carbocycles. The summed E-state index contributed by atoms with van der Waals surface area (Å²) in [5, 5.41) is 0. The van der Waals surface area contributed by atoms with Crippen molar-refractivity contribution in [3.05, 3.63) is 0 Å². The SMILES string of the molecule is CCCCCC1CCC(C2CCC(OCCC[Si](OC(C)=O)(OC(C)=O)OC(C)=O)CC2)CC1. The molecule has 34 heavy (non-hydrogen) atoms. The quantitative estimate of drug-likeness (QED) is 0.228. The molecule has 0 unspecified atom stereocenters. The lowest BCUT2D eigenvalue weighted by Crippen LogP contribution is -2.49. The zero-order chi connectivity index (χ0) is 25.0. The normalized spacial score (nSPS) is 25.4. The second-order valence-corrected chi connectivity index (χ2v) is 12.7. The summed E-state index contributed by atoms with van der Waals surface area (Å²) in [7, 11) is -3.75. The molecule has 196 valence electrons. The average Bonchev–Trinajstić information content (AvgIpc) is 2.76. The monoisotopic (exact) mass is 498 g/mol. The molecule has 0 spiro atoms. The topological polar surface area (TPSA) is 88.1 Å². The summed E-state index contributed by atoms with van der Waals surface area (Å²) in [6.45, 7) is 6.37. The van der Waals surface area contributed by atoms with Gasteiger partial charge in [-0.3, -0.25) is 14.4 Å². The Kier molecular flexibility index (Phi) is 12.6. The first-order chi connectivity index (χ1) is 16.2. The third kappa shape index (κ3) is 10.5. The fourth-order valence-electron chi connectivity index (χ4n) is 5.77. The van der Waals surface area contributed by atoms with Crippen molar-refractivity contribution >= 4 is 26.7 Å². The third-order valence-electron chi connectivity index (χ3n) is 7.37. The largest absolute Gasteiger partial charge is 0.705 e. The van der Waals surface area contributed by atoms with Crippen molar-refractivity contribution in [1.29, 1.82) is 0 Å². The molecule has 2 rings (SSSR count). The van der Waals surface area contributed by atoms with Crippen LogP contribution < -0.4 is 0 Å². The molecule has 0 amide bonds. The summed E-state index contributed by atoms with van der Waals surface area (Å²) in [6.07, 6.45) is 16.6. The van der Waals surface area contributed by atoms with E-state index in [1.54, 1.807) is 0 Å². The molecule has 0 aromatic rings. The summed E-state index contributed by atoms with van der Waals surface area (Å²) in [5.41, 5.74) is 0. The highest BCUT2D eigenvalue weighted by molar-refractivity contribution is 6.65. The van der Waals surface area contributed by atoms with E-state index >= 15 is 0 Å². The third-order valence-corrected chi connectivity index (χ3v) is 10.1. The van der Waals surface area contributed by atoms with Crippen molar-refractivity contribution in [1.82, 2.24) is 0 Å². The highest BCUT2D eigenvalue weighted by Gasteiger charge is 2.51. The Hall–Kier alpha value is -1.41. The molecule has 0 heterocycles. The first kappa shape index (κ1) is 28.8. The Morgan fingerprint density at radius 1 is 0.706 bits per heavy atom. The van der Waals surface area contributed by atoms with Crippen LogP contribution in [0, 0.1) is 17.8 Å². The molecular formula is C26H46O7Si. The van der Waals surface area contributed by atoms with Gasteiger partial charge in [0.2, 0.25) is 0 Å². The number of hydrogen-bond donors (Lipinski definition) is 0. The van der Waals surface area contributed by atoms with E-state index in [0.29, 0.717) is 13.0 Å². The van der Waals surface area contributed by atoms with Gasteiger partial charge in [0, 0.05) is 27.4 Å². The maximum atomic E-state index is 11.5. The lowest BCUT2D eigenvalue weighted by Gasteiger charge is -2.38. The second kappa shape index (κ2) is 14.9. The number of ether oxygens (including phenoxy) is 1. The van der Waals surface area contributed by atoms with Crippen LogP contribution in [0.3, 0.4) is 0 Å². The molecule has 2 fully saturated rings. The van der Waals surface area contributed by atoms with E-state index in [4.69, 9.17) is 18.0 Å². The van der Waals surface area contributed by atoms with Crippen LogP contribution in [0.15, 0.2) is 0 Å². The van der Waals surface area contributed by atoms with Crippen LogP contribution >= 0.6 is 0 Å². The molecule has 0 N–H and O–H groups in total. The fourth-order valence-corrected chi connectivity index (χ4v) is 8.09. The molecule has 0 aromatic heterocycles. The summed E-state index contributed by atoms with van der Waals surface area (Å²) >= 11 is 0. The number of carbonyl (C=O) groups excluding carboxylic acids is 3. The molecule has 0 atom stereocenters. The van der Waals surface area contributed by atoms with Gasteiger partial charge in [-0.05, 0) is 62.7 Å². The van der Waals surface area contributed by atoms with Crippen LogP contribution in [0.4, 0.5) is 0 Å². The molecule has 0 aliphatic heterocycles. The van der Waals surface area contributed by atoms with Crippen LogP contribution in [-0.2, 0) is 32.4 Å². The van der Waals surface area contributed by atoms with Crippen molar-refractivity contribution in [3.8, 4) is 0 Å². The van der Waals surface area contributed by atoms with E-state index in [-0.39, 0.29) is 12.1 Å². The summed E-state index contributed by atoms with van der Waals surface area (Å²) in [4.78, 5) is 34.6. The lowest BCUT2D eigenvalue weighted by atomic mass is 9.70. The second-order valence-electron chi connectivity index (χ2n) is 10.3. The molecule has 8 heteroatoms. The number of hydrogen-bond acceptors (Lipinski definition) is 7. The van der Waals surface area contributed by atoms with Gasteiger partial charge in [0.05, 0.1) is 12.1 Å². The van der Waals surface area contributed by atoms with Gasteiger partial charge < -0.3 is 18.0 Å². The molecule has 0 saturated heterocycles. The minimum atomic E-state index is -3.75. The Labute approximate surface area is 207 Å². The Bertz CT molecular complexity index is 596. The van der Waals surface area contributed by atoms with E-state index in [9.17, 15) is 14.4 Å². The van der Waals surface area contributed by atoms with Gasteiger partial charge >= 0.3 is 8.80 Å². The first-order valence-electron chi connectivity index (χ1n) is 13.4. The smallest absolute Gasteiger partial charge is 0.455 e. The Morgan fingerprint density at radius 3 is 1.68 bits per heavy atom. The van der Waals surface area contributed by atoms with E-state index in [1.807, 2.05) is 0 Å². The van der Waals surface area contributed by atoms with Crippen LogP contribution in [0.25, 0.3) is 0 Å². The van der Waals surface area contributed by atoms with Gasteiger partial charge in [0.25, 0.3) is 17.9 Å². The minimum Gasteiger partial charge on any atom is -0.455 e. The van der Waals surface area contributed by atoms with Gasteiger partial charge in [-0.15, -0.1) is 0 Å². The van der Waals surface area contributed by atoms with Crippen molar-refractivity contribution in [3.63, 3.8) is 0 Å². The van der Waals surface area contributed by atoms with Crippen molar-refractivity contribution in [2.24, 2.45) is 17.8 Å². The Balaban J connectivity index is 1.70. The lowest BCUT2D eigenvalue weighted by molar-refractivity contribution is -0.147. The number of unbranched alkanes of at least 4 members (excludes halogenated alkanes) is 2. The van der Waals surface area contributed by atoms with Crippen molar-refractivity contribution in [2.75, 3.05) is 6.61 Å². The van der Waals surface area contributed by atoms with Crippen LogP contribution in [-0.4, -0.2) is 39.4 Å². The zero-order valence-corrected chi connectivity index (χ0v) is 22.8. The highest BCUT2D eigenvalue weighted by atomic mass is 28.4. The molecule has 7 nitrogen and oxygen atoms in total. The summed E-state index contributed by atoms with van der Waals surface area (Å²) in [5.74, 6) is 0.791.